The van der Waals surface area contributed by atoms with Crippen molar-refractivity contribution in [2.75, 3.05) is 10.8 Å². The first-order valence-electron chi connectivity index (χ1n) is 12.7. The molecule has 0 bridgehead atoms. The van der Waals surface area contributed by atoms with Crippen molar-refractivity contribution in [3.8, 4) is 0 Å². The van der Waals surface area contributed by atoms with Crippen molar-refractivity contribution >= 4 is 39.1 Å². The van der Waals surface area contributed by atoms with Crippen molar-refractivity contribution in [1.29, 1.82) is 0 Å². The maximum absolute atomic E-state index is 14.0. The fourth-order valence-electron chi connectivity index (χ4n) is 4.13. The topological polar surface area (TPSA) is 86.8 Å². The average Bonchev–Trinajstić information content (AvgIpc) is 2.86. The number of sulfonamides is 1. The van der Waals surface area contributed by atoms with Gasteiger partial charge in [0, 0.05) is 17.1 Å². The van der Waals surface area contributed by atoms with E-state index in [1.54, 1.807) is 55.5 Å². The molecule has 0 radical (unpaired) electrons. The normalized spacial score (nSPS) is 12.5. The number of amides is 2. The Kier molecular flexibility index (Phi) is 9.46. The predicted octanol–water partition coefficient (Wildman–Crippen LogP) is 5.48. The third kappa shape index (κ3) is 7.61. The lowest BCUT2D eigenvalue weighted by Gasteiger charge is -2.34. The maximum Gasteiger partial charge on any atom is 0.264 e. The van der Waals surface area contributed by atoms with Gasteiger partial charge in [-0.1, -0.05) is 54.1 Å². The number of hydrogen-bond donors (Lipinski definition) is 1. The van der Waals surface area contributed by atoms with Crippen LogP contribution in [0.15, 0.2) is 77.7 Å². The number of nitrogens with zero attached hydrogens (tertiary/aromatic N) is 2. The van der Waals surface area contributed by atoms with E-state index in [-0.39, 0.29) is 17.3 Å². The lowest BCUT2D eigenvalue weighted by molar-refractivity contribution is -0.140. The van der Waals surface area contributed by atoms with Gasteiger partial charge in [-0.25, -0.2) is 8.42 Å². The van der Waals surface area contributed by atoms with E-state index < -0.39 is 34.1 Å². The van der Waals surface area contributed by atoms with Crippen molar-refractivity contribution < 1.29 is 18.0 Å². The van der Waals surface area contributed by atoms with Gasteiger partial charge >= 0.3 is 0 Å². The summed E-state index contributed by atoms with van der Waals surface area (Å²) < 4.78 is 28.9. The Morgan fingerprint density at radius 1 is 0.949 bits per heavy atom. The van der Waals surface area contributed by atoms with E-state index in [1.807, 2.05) is 46.8 Å². The van der Waals surface area contributed by atoms with E-state index in [1.165, 1.54) is 17.0 Å². The number of aryl methyl sites for hydroxylation is 1. The molecule has 39 heavy (non-hydrogen) atoms. The van der Waals surface area contributed by atoms with E-state index >= 15 is 0 Å². The number of rotatable bonds is 9. The molecule has 0 aliphatic rings. The summed E-state index contributed by atoms with van der Waals surface area (Å²) in [7, 11) is -4.11. The number of carbonyl (C=O) groups excluding carboxylic acids is 2. The summed E-state index contributed by atoms with van der Waals surface area (Å²) in [6.07, 6.45) is 0. The number of benzene rings is 3. The van der Waals surface area contributed by atoms with Crippen molar-refractivity contribution in [2.45, 2.75) is 64.6 Å². The highest BCUT2D eigenvalue weighted by Gasteiger charge is 2.34. The molecule has 0 spiro atoms. The third-order valence-corrected chi connectivity index (χ3v) is 8.37. The number of hydrogen-bond acceptors (Lipinski definition) is 4. The average molecular weight is 570 g/mol. The van der Waals surface area contributed by atoms with Crippen LogP contribution in [0.4, 0.5) is 5.69 Å². The number of halogens is 1. The van der Waals surface area contributed by atoms with Gasteiger partial charge in [0.25, 0.3) is 10.0 Å². The van der Waals surface area contributed by atoms with Gasteiger partial charge in [0.15, 0.2) is 0 Å². The van der Waals surface area contributed by atoms with Crippen LogP contribution in [0, 0.1) is 13.8 Å². The zero-order valence-electron chi connectivity index (χ0n) is 23.2. The quantitative estimate of drug-likeness (QED) is 0.369. The second-order valence-corrected chi connectivity index (χ2v) is 12.9. The van der Waals surface area contributed by atoms with Gasteiger partial charge in [0.05, 0.1) is 10.6 Å². The summed E-state index contributed by atoms with van der Waals surface area (Å²) in [5.41, 5.74) is 2.24. The van der Waals surface area contributed by atoms with Crippen LogP contribution >= 0.6 is 11.6 Å². The number of carbonyl (C=O) groups is 2. The lowest BCUT2D eigenvalue weighted by atomic mass is 10.1. The zero-order chi connectivity index (χ0) is 29.0. The molecule has 1 N–H and O–H groups in total. The molecule has 0 heterocycles. The van der Waals surface area contributed by atoms with Crippen LogP contribution < -0.4 is 9.62 Å². The van der Waals surface area contributed by atoms with Gasteiger partial charge in [-0.3, -0.25) is 13.9 Å². The highest BCUT2D eigenvalue weighted by molar-refractivity contribution is 7.92. The Hall–Kier alpha value is -3.36. The van der Waals surface area contributed by atoms with Crippen LogP contribution in [0.5, 0.6) is 0 Å². The van der Waals surface area contributed by atoms with Crippen molar-refractivity contribution in [3.05, 3.63) is 94.5 Å². The van der Waals surface area contributed by atoms with E-state index in [2.05, 4.69) is 5.32 Å². The predicted molar refractivity (Wildman–Crippen MR) is 156 cm³/mol. The molecule has 1 unspecified atom stereocenters. The fourth-order valence-corrected chi connectivity index (χ4v) is 5.83. The van der Waals surface area contributed by atoms with Crippen LogP contribution in [0.3, 0.4) is 0 Å². The van der Waals surface area contributed by atoms with Gasteiger partial charge < -0.3 is 10.2 Å². The molecule has 0 aliphatic carbocycles. The molecule has 0 saturated heterocycles. The first-order valence-corrected chi connectivity index (χ1v) is 14.5. The highest BCUT2D eigenvalue weighted by Crippen LogP contribution is 2.29. The molecule has 0 aromatic heterocycles. The van der Waals surface area contributed by atoms with Gasteiger partial charge in [-0.05, 0) is 88.6 Å². The van der Waals surface area contributed by atoms with E-state index in [9.17, 15) is 18.0 Å². The number of nitrogens with one attached hydrogen (secondary N) is 1. The van der Waals surface area contributed by atoms with E-state index in [0.29, 0.717) is 10.7 Å². The van der Waals surface area contributed by atoms with Crippen molar-refractivity contribution in [2.24, 2.45) is 0 Å². The minimum Gasteiger partial charge on any atom is -0.350 e. The summed E-state index contributed by atoms with van der Waals surface area (Å²) in [4.78, 5) is 28.6. The summed E-state index contributed by atoms with van der Waals surface area (Å²) >= 11 is 6.19. The Morgan fingerprint density at radius 2 is 1.59 bits per heavy atom. The van der Waals surface area contributed by atoms with Crippen LogP contribution in [0.2, 0.25) is 5.02 Å². The van der Waals surface area contributed by atoms with Gasteiger partial charge in [0.1, 0.15) is 12.6 Å². The van der Waals surface area contributed by atoms with E-state index in [4.69, 9.17) is 11.6 Å². The number of anilines is 1. The first-order chi connectivity index (χ1) is 18.2. The van der Waals surface area contributed by atoms with E-state index in [0.717, 1.165) is 21.0 Å². The monoisotopic (exact) mass is 569 g/mol. The maximum atomic E-state index is 14.0. The summed E-state index contributed by atoms with van der Waals surface area (Å²) in [5.74, 6) is -0.867. The molecular weight excluding hydrogens is 534 g/mol. The minimum absolute atomic E-state index is 0.0682. The molecule has 0 fully saturated rings. The minimum atomic E-state index is -4.11. The molecule has 3 aromatic rings. The Bertz CT molecular complexity index is 1440. The smallest absolute Gasteiger partial charge is 0.264 e. The molecule has 0 aliphatic heterocycles. The Morgan fingerprint density at radius 3 is 2.21 bits per heavy atom. The summed E-state index contributed by atoms with van der Waals surface area (Å²) in [6.45, 7) is 10.5. The van der Waals surface area contributed by atoms with Crippen LogP contribution in [0.25, 0.3) is 0 Å². The molecule has 0 saturated carbocycles. The SMILES string of the molecule is Cc1cccc(N(CC(=O)N(Cc2cccc(Cl)c2)C(C)C(=O)NC(C)(C)C)S(=O)(=O)c2ccccc2)c1C. The molecule has 1 atom stereocenters. The van der Waals surface area contributed by atoms with Crippen molar-refractivity contribution in [3.63, 3.8) is 0 Å². The van der Waals surface area contributed by atoms with Gasteiger partial charge in [-0.15, -0.1) is 0 Å². The Balaban J connectivity index is 2.07. The summed E-state index contributed by atoms with van der Waals surface area (Å²) in [5, 5.41) is 3.41. The molecule has 2 amide bonds. The molecule has 3 rings (SSSR count). The summed E-state index contributed by atoms with van der Waals surface area (Å²) in [6, 6.07) is 19.5. The first kappa shape index (κ1) is 30.2. The largest absolute Gasteiger partial charge is 0.350 e. The fraction of sp³-hybridized carbons (Fsp3) is 0.333. The highest BCUT2D eigenvalue weighted by atomic mass is 35.5. The van der Waals surface area contributed by atoms with Crippen LogP contribution in [-0.4, -0.2) is 43.3 Å². The molecule has 9 heteroatoms. The molecule has 208 valence electrons. The zero-order valence-corrected chi connectivity index (χ0v) is 24.8. The Labute approximate surface area is 236 Å². The standard InChI is InChI=1S/C30H36ClN3O4S/c1-21-12-10-17-27(22(21)2)34(39(37,38)26-15-8-7-9-16-26)20-28(35)33(19-24-13-11-14-25(31)18-24)23(3)29(36)32-30(4,5)6/h7-18,23H,19-20H2,1-6H3,(H,32,36). The van der Waals surface area contributed by atoms with Gasteiger partial charge in [0.2, 0.25) is 11.8 Å². The van der Waals surface area contributed by atoms with Crippen LogP contribution in [-0.2, 0) is 26.2 Å². The van der Waals surface area contributed by atoms with Crippen LogP contribution in [0.1, 0.15) is 44.4 Å². The third-order valence-electron chi connectivity index (χ3n) is 6.36. The second-order valence-electron chi connectivity index (χ2n) is 10.6. The van der Waals surface area contributed by atoms with Crippen molar-refractivity contribution in [1.82, 2.24) is 10.2 Å². The molecule has 7 nitrogen and oxygen atoms in total. The second kappa shape index (κ2) is 12.2. The molecule has 3 aromatic carbocycles. The molecular formula is C30H36ClN3O4S. The lowest BCUT2D eigenvalue weighted by Crippen LogP contribution is -2.54. The van der Waals surface area contributed by atoms with Gasteiger partial charge in [-0.2, -0.15) is 0 Å².